The predicted molar refractivity (Wildman–Crippen MR) is 64.0 cm³/mol. The number of aromatic nitrogens is 1. The van der Waals surface area contributed by atoms with E-state index in [4.69, 9.17) is 15.9 Å². The SMILES string of the molecule is N=Cc1cc(N)cnc1NCC1CCOC1. The smallest absolute Gasteiger partial charge is 0.134 e. The summed E-state index contributed by atoms with van der Waals surface area (Å²) in [6.45, 7) is 2.48. The first kappa shape index (κ1) is 10.9. The van der Waals surface area contributed by atoms with Gasteiger partial charge in [-0.2, -0.15) is 0 Å². The van der Waals surface area contributed by atoms with E-state index in [2.05, 4.69) is 10.3 Å². The van der Waals surface area contributed by atoms with Crippen molar-refractivity contribution in [2.75, 3.05) is 30.8 Å². The first-order valence-corrected chi connectivity index (χ1v) is 5.37. The van der Waals surface area contributed by atoms with Crippen LogP contribution in [0.4, 0.5) is 11.5 Å². The second-order valence-electron chi connectivity index (χ2n) is 3.96. The highest BCUT2D eigenvalue weighted by atomic mass is 16.5. The van der Waals surface area contributed by atoms with Crippen LogP contribution in [0.15, 0.2) is 12.3 Å². The van der Waals surface area contributed by atoms with E-state index in [0.29, 0.717) is 11.6 Å². The fraction of sp³-hybridized carbons (Fsp3) is 0.455. The summed E-state index contributed by atoms with van der Waals surface area (Å²) >= 11 is 0. The summed E-state index contributed by atoms with van der Waals surface area (Å²) in [5, 5.41) is 10.5. The fourth-order valence-corrected chi connectivity index (χ4v) is 1.74. The highest BCUT2D eigenvalue weighted by Crippen LogP contribution is 2.16. The van der Waals surface area contributed by atoms with Gasteiger partial charge in [0.15, 0.2) is 0 Å². The number of rotatable bonds is 4. The number of nitrogens with zero attached hydrogens (tertiary/aromatic N) is 1. The average molecular weight is 220 g/mol. The molecule has 0 radical (unpaired) electrons. The Kier molecular flexibility index (Phi) is 3.36. The van der Waals surface area contributed by atoms with Gasteiger partial charge < -0.3 is 21.2 Å². The summed E-state index contributed by atoms with van der Waals surface area (Å²) in [7, 11) is 0. The molecule has 2 rings (SSSR count). The standard InChI is InChI=1S/C11H16N4O/c12-4-9-3-10(13)6-15-11(9)14-5-8-1-2-16-7-8/h3-4,6,8,12H,1-2,5,7,13H2,(H,14,15). The first-order chi connectivity index (χ1) is 7.79. The molecule has 0 saturated carbocycles. The number of nitrogen functional groups attached to an aromatic ring is 1. The van der Waals surface area contributed by atoms with Gasteiger partial charge in [0.1, 0.15) is 5.82 Å². The molecule has 5 heteroatoms. The fourth-order valence-electron chi connectivity index (χ4n) is 1.74. The average Bonchev–Trinajstić information content (AvgIpc) is 2.80. The van der Waals surface area contributed by atoms with Crippen molar-refractivity contribution in [3.63, 3.8) is 0 Å². The van der Waals surface area contributed by atoms with Crippen molar-refractivity contribution in [2.24, 2.45) is 5.92 Å². The second kappa shape index (κ2) is 4.94. The molecule has 0 spiro atoms. The van der Waals surface area contributed by atoms with Gasteiger partial charge in [0.2, 0.25) is 0 Å². The molecule has 4 N–H and O–H groups in total. The lowest BCUT2D eigenvalue weighted by atomic mass is 10.1. The summed E-state index contributed by atoms with van der Waals surface area (Å²) in [5.41, 5.74) is 6.91. The van der Waals surface area contributed by atoms with E-state index in [1.165, 1.54) is 6.21 Å². The van der Waals surface area contributed by atoms with Gasteiger partial charge in [0, 0.05) is 30.8 Å². The Morgan fingerprint density at radius 1 is 1.69 bits per heavy atom. The van der Waals surface area contributed by atoms with E-state index in [-0.39, 0.29) is 0 Å². The highest BCUT2D eigenvalue weighted by Gasteiger charge is 2.15. The maximum atomic E-state index is 7.28. The van der Waals surface area contributed by atoms with Gasteiger partial charge in [0.05, 0.1) is 18.5 Å². The van der Waals surface area contributed by atoms with Crippen LogP contribution < -0.4 is 11.1 Å². The normalized spacial score (nSPS) is 19.6. The van der Waals surface area contributed by atoms with Crippen molar-refractivity contribution in [2.45, 2.75) is 6.42 Å². The molecule has 1 unspecified atom stereocenters. The van der Waals surface area contributed by atoms with Gasteiger partial charge in [-0.1, -0.05) is 0 Å². The van der Waals surface area contributed by atoms with Gasteiger partial charge in [-0.05, 0) is 12.5 Å². The molecule has 0 aromatic carbocycles. The second-order valence-corrected chi connectivity index (χ2v) is 3.96. The molecular weight excluding hydrogens is 204 g/mol. The summed E-state index contributed by atoms with van der Waals surface area (Å²) in [6, 6.07) is 1.74. The van der Waals surface area contributed by atoms with E-state index >= 15 is 0 Å². The number of nitrogens with two attached hydrogens (primary N) is 1. The summed E-state index contributed by atoms with van der Waals surface area (Å²) in [6.07, 6.45) is 3.94. The highest BCUT2D eigenvalue weighted by molar-refractivity contribution is 5.85. The van der Waals surface area contributed by atoms with Crippen LogP contribution in [0.1, 0.15) is 12.0 Å². The maximum absolute atomic E-state index is 7.28. The van der Waals surface area contributed by atoms with Crippen LogP contribution in [0.3, 0.4) is 0 Å². The van der Waals surface area contributed by atoms with E-state index in [9.17, 15) is 0 Å². The number of anilines is 2. The predicted octanol–water partition coefficient (Wildman–Crippen LogP) is 1.11. The lowest BCUT2D eigenvalue weighted by Gasteiger charge is -2.12. The van der Waals surface area contributed by atoms with E-state index in [1.54, 1.807) is 12.3 Å². The third-order valence-electron chi connectivity index (χ3n) is 2.68. The minimum absolute atomic E-state index is 0.540. The van der Waals surface area contributed by atoms with Crippen molar-refractivity contribution in [1.82, 2.24) is 4.98 Å². The molecule has 1 aromatic heterocycles. The zero-order valence-corrected chi connectivity index (χ0v) is 9.07. The van der Waals surface area contributed by atoms with Gasteiger partial charge >= 0.3 is 0 Å². The van der Waals surface area contributed by atoms with Crippen molar-refractivity contribution in [1.29, 1.82) is 5.41 Å². The lowest BCUT2D eigenvalue weighted by Crippen LogP contribution is -2.16. The molecule has 86 valence electrons. The third-order valence-corrected chi connectivity index (χ3v) is 2.68. The molecule has 1 aliphatic heterocycles. The maximum Gasteiger partial charge on any atom is 0.134 e. The molecule has 1 aromatic rings. The van der Waals surface area contributed by atoms with Crippen molar-refractivity contribution in [3.8, 4) is 0 Å². The van der Waals surface area contributed by atoms with Crippen LogP contribution in [-0.4, -0.2) is 31.0 Å². The Hall–Kier alpha value is -1.62. The number of hydrogen-bond donors (Lipinski definition) is 3. The van der Waals surface area contributed by atoms with Crippen LogP contribution in [0, 0.1) is 11.3 Å². The van der Waals surface area contributed by atoms with E-state index in [1.807, 2.05) is 0 Å². The number of pyridine rings is 1. The van der Waals surface area contributed by atoms with Gasteiger partial charge in [-0.3, -0.25) is 0 Å². The van der Waals surface area contributed by atoms with Crippen LogP contribution in [-0.2, 0) is 4.74 Å². The van der Waals surface area contributed by atoms with Crippen LogP contribution >= 0.6 is 0 Å². The van der Waals surface area contributed by atoms with Crippen LogP contribution in [0.5, 0.6) is 0 Å². The number of nitrogens with one attached hydrogen (secondary N) is 2. The zero-order valence-electron chi connectivity index (χ0n) is 9.07. The quantitative estimate of drug-likeness (QED) is 0.664. The minimum atomic E-state index is 0.540. The molecule has 0 aliphatic carbocycles. The number of hydrogen-bond acceptors (Lipinski definition) is 5. The first-order valence-electron chi connectivity index (χ1n) is 5.37. The summed E-state index contributed by atoms with van der Waals surface area (Å²) in [5.74, 6) is 1.26. The molecule has 1 saturated heterocycles. The Balaban J connectivity index is 1.99. The molecule has 16 heavy (non-hydrogen) atoms. The van der Waals surface area contributed by atoms with Crippen LogP contribution in [0.25, 0.3) is 0 Å². The van der Waals surface area contributed by atoms with Crippen molar-refractivity contribution >= 4 is 17.7 Å². The lowest BCUT2D eigenvalue weighted by molar-refractivity contribution is 0.187. The zero-order chi connectivity index (χ0) is 11.4. The molecule has 5 nitrogen and oxygen atoms in total. The Labute approximate surface area is 94.5 Å². The third kappa shape index (κ3) is 2.49. The molecular formula is C11H16N4O. The van der Waals surface area contributed by atoms with Gasteiger partial charge in [0.25, 0.3) is 0 Å². The van der Waals surface area contributed by atoms with E-state index in [0.717, 1.165) is 37.6 Å². The van der Waals surface area contributed by atoms with Gasteiger partial charge in [-0.25, -0.2) is 4.98 Å². The van der Waals surface area contributed by atoms with Crippen molar-refractivity contribution < 1.29 is 4.74 Å². The Bertz CT molecular complexity index is 374. The minimum Gasteiger partial charge on any atom is -0.397 e. The molecule has 2 heterocycles. The summed E-state index contributed by atoms with van der Waals surface area (Å²) < 4.78 is 5.30. The monoisotopic (exact) mass is 220 g/mol. The topological polar surface area (TPSA) is 84.0 Å². The number of ether oxygens (including phenoxy) is 1. The van der Waals surface area contributed by atoms with Crippen LogP contribution in [0.2, 0.25) is 0 Å². The Morgan fingerprint density at radius 2 is 2.56 bits per heavy atom. The van der Waals surface area contributed by atoms with Crippen molar-refractivity contribution in [3.05, 3.63) is 17.8 Å². The largest absolute Gasteiger partial charge is 0.397 e. The molecule has 1 fully saturated rings. The molecule has 0 bridgehead atoms. The van der Waals surface area contributed by atoms with Gasteiger partial charge in [-0.15, -0.1) is 0 Å². The summed E-state index contributed by atoms with van der Waals surface area (Å²) in [4.78, 5) is 4.18. The Morgan fingerprint density at radius 3 is 3.25 bits per heavy atom. The molecule has 1 atom stereocenters. The molecule has 1 aliphatic rings. The molecule has 0 amide bonds. The van der Waals surface area contributed by atoms with E-state index < -0.39 is 0 Å².